The Morgan fingerprint density at radius 3 is 2.70 bits per heavy atom. The first-order chi connectivity index (χ1) is 11.2. The van der Waals surface area contributed by atoms with Crippen molar-refractivity contribution < 1.29 is 9.90 Å². The molecule has 2 aliphatic rings. The highest BCUT2D eigenvalue weighted by Crippen LogP contribution is 2.51. The zero-order chi connectivity index (χ0) is 16.0. The first-order valence-electron chi connectivity index (χ1n) is 8.01. The monoisotopic (exact) mass is 305 g/mol. The summed E-state index contributed by atoms with van der Waals surface area (Å²) in [7, 11) is 0. The maximum absolute atomic E-state index is 11.7. The molecule has 0 amide bonds. The zero-order valence-corrected chi connectivity index (χ0v) is 13.0. The van der Waals surface area contributed by atoms with Crippen molar-refractivity contribution in [2.45, 2.75) is 25.3 Å². The highest BCUT2D eigenvalue weighted by molar-refractivity contribution is 5.96. The summed E-state index contributed by atoms with van der Waals surface area (Å²) < 4.78 is 0. The molecule has 2 aromatic carbocycles. The number of carbonyl (C=O) groups is 1. The maximum atomic E-state index is 11.7. The van der Waals surface area contributed by atoms with Crippen molar-refractivity contribution in [3.8, 4) is 0 Å². The predicted molar refractivity (Wildman–Crippen MR) is 90.9 cm³/mol. The molecule has 0 saturated heterocycles. The average molecular weight is 305 g/mol. The molecule has 1 aliphatic carbocycles. The normalized spacial score (nSPS) is 24.7. The fourth-order valence-corrected chi connectivity index (χ4v) is 4.07. The number of anilines is 1. The minimum Gasteiger partial charge on any atom is -0.478 e. The fraction of sp³-hybridized carbons (Fsp3) is 0.250. The SMILES string of the molecule is Cc1ccc(C(=O)O)c2c1C1C=CCC1C(c1ccccc1)N2. The zero-order valence-electron chi connectivity index (χ0n) is 13.0. The van der Waals surface area contributed by atoms with E-state index in [1.165, 1.54) is 5.56 Å². The molecule has 4 rings (SSSR count). The minimum atomic E-state index is -0.874. The van der Waals surface area contributed by atoms with Crippen LogP contribution in [-0.4, -0.2) is 11.1 Å². The van der Waals surface area contributed by atoms with Crippen LogP contribution in [0.15, 0.2) is 54.6 Å². The van der Waals surface area contributed by atoms with Crippen LogP contribution in [0.5, 0.6) is 0 Å². The Balaban J connectivity index is 1.89. The molecule has 3 nitrogen and oxygen atoms in total. The predicted octanol–water partition coefficient (Wildman–Crippen LogP) is 4.52. The molecule has 3 atom stereocenters. The summed E-state index contributed by atoms with van der Waals surface area (Å²) >= 11 is 0. The molecule has 0 saturated carbocycles. The molecule has 23 heavy (non-hydrogen) atoms. The van der Waals surface area contributed by atoms with Crippen molar-refractivity contribution in [2.24, 2.45) is 5.92 Å². The van der Waals surface area contributed by atoms with Crippen LogP contribution < -0.4 is 5.32 Å². The van der Waals surface area contributed by atoms with Crippen molar-refractivity contribution in [3.05, 3.63) is 76.9 Å². The molecule has 1 aliphatic heterocycles. The van der Waals surface area contributed by atoms with Crippen LogP contribution in [0, 0.1) is 12.8 Å². The summed E-state index contributed by atoms with van der Waals surface area (Å²) in [6, 6.07) is 14.1. The molecule has 2 aromatic rings. The lowest BCUT2D eigenvalue weighted by Crippen LogP contribution is -2.30. The van der Waals surface area contributed by atoms with E-state index < -0.39 is 5.97 Å². The molecular formula is C20H19NO2. The number of aromatic carboxylic acids is 1. The van der Waals surface area contributed by atoms with Crippen LogP contribution >= 0.6 is 0 Å². The molecule has 0 radical (unpaired) electrons. The van der Waals surface area contributed by atoms with E-state index in [1.807, 2.05) is 24.3 Å². The fourth-order valence-electron chi connectivity index (χ4n) is 4.07. The van der Waals surface area contributed by atoms with E-state index in [4.69, 9.17) is 0 Å². The van der Waals surface area contributed by atoms with E-state index in [-0.39, 0.29) is 12.0 Å². The van der Waals surface area contributed by atoms with Gasteiger partial charge in [-0.15, -0.1) is 0 Å². The van der Waals surface area contributed by atoms with E-state index in [9.17, 15) is 9.90 Å². The summed E-state index contributed by atoms with van der Waals surface area (Å²) in [5, 5.41) is 13.1. The third-order valence-corrected chi connectivity index (χ3v) is 5.13. The third kappa shape index (κ3) is 2.15. The van der Waals surface area contributed by atoms with Gasteiger partial charge in [0.05, 0.1) is 17.3 Å². The van der Waals surface area contributed by atoms with Crippen LogP contribution in [0.3, 0.4) is 0 Å². The van der Waals surface area contributed by atoms with E-state index in [1.54, 1.807) is 6.07 Å². The van der Waals surface area contributed by atoms with Gasteiger partial charge in [0.25, 0.3) is 0 Å². The van der Waals surface area contributed by atoms with Crippen LogP contribution in [0.4, 0.5) is 5.69 Å². The number of hydrogen-bond acceptors (Lipinski definition) is 2. The van der Waals surface area contributed by atoms with Crippen LogP contribution in [0.1, 0.15) is 45.4 Å². The molecule has 116 valence electrons. The average Bonchev–Trinajstić information content (AvgIpc) is 3.04. The van der Waals surface area contributed by atoms with E-state index in [2.05, 4.69) is 36.5 Å². The van der Waals surface area contributed by atoms with Gasteiger partial charge in [0.2, 0.25) is 0 Å². The number of carboxylic acid groups (broad SMARTS) is 1. The van der Waals surface area contributed by atoms with Gasteiger partial charge in [-0.2, -0.15) is 0 Å². The van der Waals surface area contributed by atoms with E-state index in [0.717, 1.165) is 23.2 Å². The number of benzene rings is 2. The molecule has 0 bridgehead atoms. The van der Waals surface area contributed by atoms with Gasteiger partial charge < -0.3 is 10.4 Å². The van der Waals surface area contributed by atoms with Crippen molar-refractivity contribution in [1.82, 2.24) is 0 Å². The molecular weight excluding hydrogens is 286 g/mol. The molecule has 3 heteroatoms. The Bertz CT molecular complexity index is 795. The summed E-state index contributed by atoms with van der Waals surface area (Å²) in [4.78, 5) is 11.7. The van der Waals surface area contributed by atoms with Crippen molar-refractivity contribution in [1.29, 1.82) is 0 Å². The summed E-state index contributed by atoms with van der Waals surface area (Å²) in [6.07, 6.45) is 5.50. The Labute approximate surface area is 135 Å². The first kappa shape index (κ1) is 14.1. The maximum Gasteiger partial charge on any atom is 0.337 e. The second-order valence-electron chi connectivity index (χ2n) is 6.41. The molecule has 1 heterocycles. The van der Waals surface area contributed by atoms with Crippen molar-refractivity contribution in [2.75, 3.05) is 5.32 Å². The van der Waals surface area contributed by atoms with Gasteiger partial charge >= 0.3 is 5.97 Å². The Morgan fingerprint density at radius 1 is 1.17 bits per heavy atom. The standard InChI is InChI=1S/C20H19NO2/c1-12-10-11-16(20(22)23)19-17(12)14-8-5-9-15(14)18(21-19)13-6-3-2-4-7-13/h2-8,10-11,14-15,18,21H,9H2,1H3,(H,22,23). The van der Waals surface area contributed by atoms with Gasteiger partial charge in [0, 0.05) is 5.92 Å². The van der Waals surface area contributed by atoms with E-state index >= 15 is 0 Å². The summed E-state index contributed by atoms with van der Waals surface area (Å²) in [5.74, 6) is -0.149. The summed E-state index contributed by atoms with van der Waals surface area (Å²) in [6.45, 7) is 2.07. The van der Waals surface area contributed by atoms with Gasteiger partial charge in [-0.1, -0.05) is 48.6 Å². The highest BCUT2D eigenvalue weighted by atomic mass is 16.4. The minimum absolute atomic E-state index is 0.142. The molecule has 3 unspecified atom stereocenters. The number of aryl methyl sites for hydroxylation is 1. The number of fused-ring (bicyclic) bond motifs is 3. The molecule has 0 aromatic heterocycles. The van der Waals surface area contributed by atoms with Crippen LogP contribution in [0.25, 0.3) is 0 Å². The molecule has 0 spiro atoms. The smallest absolute Gasteiger partial charge is 0.337 e. The Hall–Kier alpha value is -2.55. The lowest BCUT2D eigenvalue weighted by Gasteiger charge is -2.39. The second kappa shape index (κ2) is 5.27. The molecule has 2 N–H and O–H groups in total. The van der Waals surface area contributed by atoms with Crippen LogP contribution in [-0.2, 0) is 0 Å². The number of rotatable bonds is 2. The number of nitrogens with one attached hydrogen (secondary N) is 1. The van der Waals surface area contributed by atoms with Crippen LogP contribution in [0.2, 0.25) is 0 Å². The van der Waals surface area contributed by atoms with Gasteiger partial charge in [-0.25, -0.2) is 4.79 Å². The quantitative estimate of drug-likeness (QED) is 0.802. The topological polar surface area (TPSA) is 49.3 Å². The Morgan fingerprint density at radius 2 is 1.96 bits per heavy atom. The van der Waals surface area contributed by atoms with Crippen molar-refractivity contribution in [3.63, 3.8) is 0 Å². The van der Waals surface area contributed by atoms with Crippen molar-refractivity contribution >= 4 is 11.7 Å². The van der Waals surface area contributed by atoms with Gasteiger partial charge in [-0.3, -0.25) is 0 Å². The Kier molecular flexibility index (Phi) is 3.22. The second-order valence-corrected chi connectivity index (χ2v) is 6.41. The first-order valence-corrected chi connectivity index (χ1v) is 8.01. The summed E-state index contributed by atoms with van der Waals surface area (Å²) in [5.41, 5.74) is 4.68. The largest absolute Gasteiger partial charge is 0.478 e. The number of carboxylic acids is 1. The van der Waals surface area contributed by atoms with Gasteiger partial charge in [-0.05, 0) is 42.0 Å². The van der Waals surface area contributed by atoms with Gasteiger partial charge in [0.15, 0.2) is 0 Å². The lowest BCUT2D eigenvalue weighted by molar-refractivity contribution is 0.0697. The lowest BCUT2D eigenvalue weighted by atomic mass is 9.75. The number of allylic oxidation sites excluding steroid dienone is 2. The van der Waals surface area contributed by atoms with Gasteiger partial charge in [0.1, 0.15) is 0 Å². The number of hydrogen-bond donors (Lipinski definition) is 2. The third-order valence-electron chi connectivity index (χ3n) is 5.13. The highest BCUT2D eigenvalue weighted by Gasteiger charge is 2.40. The molecule has 0 fully saturated rings. The van der Waals surface area contributed by atoms with E-state index in [0.29, 0.717) is 11.5 Å².